The number of hydrogen-bond acceptors (Lipinski definition) is 5. The summed E-state index contributed by atoms with van der Waals surface area (Å²) in [6, 6.07) is 0. The third-order valence-corrected chi connectivity index (χ3v) is 1.62. The Morgan fingerprint density at radius 2 is 1.65 bits per heavy atom. The summed E-state index contributed by atoms with van der Waals surface area (Å²) in [5.74, 6) is -1.50. The zero-order valence-corrected chi connectivity index (χ0v) is 9.19. The van der Waals surface area contributed by atoms with Gasteiger partial charge in [0.15, 0.2) is 28.4 Å². The second kappa shape index (κ2) is 6.42. The van der Waals surface area contributed by atoms with Gasteiger partial charge in [-0.15, -0.1) is 0 Å². The van der Waals surface area contributed by atoms with E-state index in [1.807, 2.05) is 0 Å². The summed E-state index contributed by atoms with van der Waals surface area (Å²) >= 11 is 5.55. The maximum absolute atomic E-state index is 11.3. The fourth-order valence-electron chi connectivity index (χ4n) is 0.769. The number of halogens is 1. The number of rotatable bonds is 1. The molecule has 0 atom stereocenters. The number of guanidine groups is 1. The standard InChI is InChI=1S/C6H8ClN7O.2H2O/c7-2-4(9)13-3(8)1(12-2)5(15)14-6(10)11;;/h(H4,8,9,13)(H4,10,11,14,15);2*1H2. The van der Waals surface area contributed by atoms with E-state index < -0.39 is 11.9 Å². The molecular weight excluding hydrogens is 254 g/mol. The van der Waals surface area contributed by atoms with Gasteiger partial charge in [0.1, 0.15) is 0 Å². The van der Waals surface area contributed by atoms with Crippen molar-refractivity contribution in [2.24, 2.45) is 16.5 Å². The molecule has 0 saturated carbocycles. The lowest BCUT2D eigenvalue weighted by Gasteiger charge is -2.02. The minimum Gasteiger partial charge on any atom is -0.412 e. The second-order valence-electron chi connectivity index (χ2n) is 2.48. The maximum Gasteiger partial charge on any atom is 0.302 e. The highest BCUT2D eigenvalue weighted by Gasteiger charge is 2.15. The third-order valence-electron chi connectivity index (χ3n) is 1.34. The average Bonchev–Trinajstić information content (AvgIpc) is 2.09. The Morgan fingerprint density at radius 3 is 2.12 bits per heavy atom. The van der Waals surface area contributed by atoms with E-state index in [1.54, 1.807) is 0 Å². The van der Waals surface area contributed by atoms with Gasteiger partial charge in [0.05, 0.1) is 0 Å². The molecule has 17 heavy (non-hydrogen) atoms. The molecule has 0 unspecified atom stereocenters. The number of amides is 1. The van der Waals surface area contributed by atoms with Gasteiger partial charge >= 0.3 is 5.91 Å². The highest BCUT2D eigenvalue weighted by atomic mass is 35.5. The number of nitrogens with two attached hydrogens (primary N) is 4. The van der Waals surface area contributed by atoms with E-state index in [9.17, 15) is 4.79 Å². The van der Waals surface area contributed by atoms with E-state index in [0.29, 0.717) is 0 Å². The van der Waals surface area contributed by atoms with Crippen molar-refractivity contribution in [3.8, 4) is 0 Å². The van der Waals surface area contributed by atoms with Gasteiger partial charge in [0, 0.05) is 0 Å². The van der Waals surface area contributed by atoms with Crippen LogP contribution in [0.25, 0.3) is 0 Å². The average molecular weight is 266 g/mol. The Bertz CT molecular complexity index is 445. The number of aromatic nitrogens is 2. The van der Waals surface area contributed by atoms with E-state index in [4.69, 9.17) is 34.5 Å². The van der Waals surface area contributed by atoms with Gasteiger partial charge in [-0.1, -0.05) is 11.6 Å². The predicted octanol–water partition coefficient (Wildman–Crippen LogP) is -2.94. The Kier molecular flexibility index (Phi) is 6.51. The Balaban J connectivity index is 0. The lowest BCUT2D eigenvalue weighted by Crippen LogP contribution is -2.24. The minimum atomic E-state index is -0.832. The molecule has 1 aromatic rings. The van der Waals surface area contributed by atoms with Crippen molar-refractivity contribution in [1.82, 2.24) is 9.97 Å². The van der Waals surface area contributed by atoms with Gasteiger partial charge in [-0.3, -0.25) is 4.79 Å². The molecule has 0 saturated heterocycles. The fraction of sp³-hybridized carbons (Fsp3) is 0. The van der Waals surface area contributed by atoms with Crippen molar-refractivity contribution in [2.45, 2.75) is 0 Å². The smallest absolute Gasteiger partial charge is 0.302 e. The van der Waals surface area contributed by atoms with Gasteiger partial charge in [0.2, 0.25) is 0 Å². The first kappa shape index (κ1) is 17.2. The van der Waals surface area contributed by atoms with Crippen LogP contribution in [0.1, 0.15) is 10.5 Å². The molecule has 1 aromatic heterocycles. The van der Waals surface area contributed by atoms with Gasteiger partial charge in [-0.25, -0.2) is 9.97 Å². The van der Waals surface area contributed by atoms with Gasteiger partial charge in [0.25, 0.3) is 0 Å². The van der Waals surface area contributed by atoms with Crippen molar-refractivity contribution in [2.75, 3.05) is 11.5 Å². The Hall–Kier alpha value is -2.17. The summed E-state index contributed by atoms with van der Waals surface area (Å²) < 4.78 is 0. The van der Waals surface area contributed by atoms with Crippen LogP contribution in [0.4, 0.5) is 11.6 Å². The first-order chi connectivity index (χ1) is 6.91. The first-order valence-corrected chi connectivity index (χ1v) is 4.02. The van der Waals surface area contributed by atoms with Crippen molar-refractivity contribution in [3.05, 3.63) is 10.8 Å². The van der Waals surface area contributed by atoms with Gasteiger partial charge in [-0.2, -0.15) is 4.99 Å². The highest BCUT2D eigenvalue weighted by Crippen LogP contribution is 2.17. The number of anilines is 2. The monoisotopic (exact) mass is 265 g/mol. The van der Waals surface area contributed by atoms with Crippen molar-refractivity contribution >= 4 is 35.1 Å². The lowest BCUT2D eigenvalue weighted by atomic mass is 10.4. The molecule has 1 rings (SSSR count). The van der Waals surface area contributed by atoms with Crippen LogP contribution in [0, 0.1) is 0 Å². The number of carbonyl (C=O) groups is 1. The number of carbonyl (C=O) groups excluding carboxylic acids is 1. The van der Waals surface area contributed by atoms with Crippen molar-refractivity contribution in [1.29, 1.82) is 0 Å². The molecule has 1 heterocycles. The Labute approximate surface area is 100 Å². The number of nitrogen functional groups attached to an aromatic ring is 2. The van der Waals surface area contributed by atoms with E-state index in [2.05, 4.69) is 15.0 Å². The van der Waals surface area contributed by atoms with Crippen LogP contribution >= 0.6 is 11.6 Å². The number of hydrogen-bond donors (Lipinski definition) is 4. The lowest BCUT2D eigenvalue weighted by molar-refractivity contribution is 0.0998. The van der Waals surface area contributed by atoms with Crippen LogP contribution in [0.2, 0.25) is 5.15 Å². The molecule has 10 nitrogen and oxygen atoms in total. The van der Waals surface area contributed by atoms with Crippen molar-refractivity contribution in [3.63, 3.8) is 0 Å². The summed E-state index contributed by atoms with van der Waals surface area (Å²) in [6.07, 6.45) is 0. The zero-order valence-electron chi connectivity index (χ0n) is 8.44. The molecule has 0 aliphatic heterocycles. The summed E-state index contributed by atoms with van der Waals surface area (Å²) in [6.45, 7) is 0. The molecule has 0 bridgehead atoms. The summed E-state index contributed by atoms with van der Waals surface area (Å²) in [7, 11) is 0. The zero-order chi connectivity index (χ0) is 11.6. The molecule has 0 spiro atoms. The highest BCUT2D eigenvalue weighted by molar-refractivity contribution is 6.31. The van der Waals surface area contributed by atoms with Crippen molar-refractivity contribution < 1.29 is 15.7 Å². The maximum atomic E-state index is 11.3. The summed E-state index contributed by atoms with van der Waals surface area (Å²) in [4.78, 5) is 21.7. The van der Waals surface area contributed by atoms with Crippen LogP contribution in [-0.4, -0.2) is 32.8 Å². The molecule has 1 amide bonds. The third kappa shape index (κ3) is 4.06. The molecule has 0 aliphatic rings. The molecule has 0 radical (unpaired) electrons. The molecule has 11 heteroatoms. The van der Waals surface area contributed by atoms with Crippen LogP contribution in [-0.2, 0) is 0 Å². The van der Waals surface area contributed by atoms with Crippen LogP contribution in [0.3, 0.4) is 0 Å². The van der Waals surface area contributed by atoms with Crippen LogP contribution in [0.15, 0.2) is 4.99 Å². The Morgan fingerprint density at radius 1 is 1.12 bits per heavy atom. The van der Waals surface area contributed by atoms with Gasteiger partial charge < -0.3 is 33.9 Å². The molecule has 96 valence electrons. The quantitative estimate of drug-likeness (QED) is 0.305. The minimum absolute atomic E-state index is 0. The van der Waals surface area contributed by atoms with E-state index in [1.165, 1.54) is 0 Å². The number of aliphatic imine (C=N–C) groups is 1. The van der Waals surface area contributed by atoms with E-state index >= 15 is 0 Å². The second-order valence-corrected chi connectivity index (χ2v) is 2.83. The molecular formula is C6H12ClN7O3. The van der Waals surface area contributed by atoms with Crippen LogP contribution in [0.5, 0.6) is 0 Å². The molecule has 12 N–H and O–H groups in total. The topological polar surface area (TPSA) is 222 Å². The van der Waals surface area contributed by atoms with Gasteiger partial charge in [-0.05, 0) is 0 Å². The SMILES string of the molecule is NC(N)=NC(=O)c1nc(Cl)c(N)nc1N.O.O. The van der Waals surface area contributed by atoms with E-state index in [0.717, 1.165) is 0 Å². The summed E-state index contributed by atoms with van der Waals surface area (Å²) in [5.41, 5.74) is 20.5. The number of nitrogens with zero attached hydrogens (tertiary/aromatic N) is 3. The van der Waals surface area contributed by atoms with E-state index in [-0.39, 0.29) is 33.4 Å². The first-order valence-electron chi connectivity index (χ1n) is 3.64. The predicted molar refractivity (Wildman–Crippen MR) is 63.2 cm³/mol. The van der Waals surface area contributed by atoms with Crippen LogP contribution < -0.4 is 22.9 Å². The molecule has 0 aromatic carbocycles. The molecule has 0 aliphatic carbocycles. The fourth-order valence-corrected chi connectivity index (χ4v) is 0.896. The molecule has 0 fully saturated rings. The normalized spacial score (nSPS) is 8.53. The summed E-state index contributed by atoms with van der Waals surface area (Å²) in [5, 5.41) is -0.140. The largest absolute Gasteiger partial charge is 0.412 e.